The Morgan fingerprint density at radius 1 is 1.47 bits per heavy atom. The van der Waals surface area contributed by atoms with Crippen molar-refractivity contribution in [1.29, 1.82) is 0 Å². The molecule has 0 bridgehead atoms. The van der Waals surface area contributed by atoms with Crippen molar-refractivity contribution in [3.05, 3.63) is 52.0 Å². The molecule has 0 amide bonds. The van der Waals surface area contributed by atoms with Crippen LogP contribution >= 0.6 is 15.9 Å². The maximum absolute atomic E-state index is 13.1. The second-order valence-corrected chi connectivity index (χ2v) is 4.70. The number of halogens is 2. The molecule has 0 spiro atoms. The highest BCUT2D eigenvalue weighted by Crippen LogP contribution is 2.21. The lowest BCUT2D eigenvalue weighted by molar-refractivity contribution is 0.168. The summed E-state index contributed by atoms with van der Waals surface area (Å²) in [5, 5.41) is 14.0. The van der Waals surface area contributed by atoms with Gasteiger partial charge in [0.25, 0.3) is 0 Å². The van der Waals surface area contributed by atoms with Crippen molar-refractivity contribution in [2.75, 3.05) is 0 Å². The van der Waals surface area contributed by atoms with Crippen molar-refractivity contribution in [2.45, 2.75) is 12.5 Å². The molecule has 17 heavy (non-hydrogen) atoms. The van der Waals surface area contributed by atoms with E-state index in [2.05, 4.69) is 21.0 Å². The average Bonchev–Trinajstić information content (AvgIpc) is 2.70. The molecule has 1 N–H and O–H groups in total. The van der Waals surface area contributed by atoms with Gasteiger partial charge in [-0.3, -0.25) is 4.68 Å². The van der Waals surface area contributed by atoms with Gasteiger partial charge >= 0.3 is 0 Å². The fraction of sp³-hybridized carbons (Fsp3) is 0.250. The first-order valence-corrected chi connectivity index (χ1v) is 5.97. The molecular formula is C12H12BrFN2O. The van der Waals surface area contributed by atoms with Crippen LogP contribution in [0.4, 0.5) is 4.39 Å². The summed E-state index contributed by atoms with van der Waals surface area (Å²) in [6, 6.07) is 6.49. The Hall–Kier alpha value is -1.20. The summed E-state index contributed by atoms with van der Waals surface area (Å²) in [5.41, 5.74) is 1.61. The summed E-state index contributed by atoms with van der Waals surface area (Å²) in [5.74, 6) is -0.302. The van der Waals surface area contributed by atoms with Gasteiger partial charge in [-0.2, -0.15) is 5.10 Å². The largest absolute Gasteiger partial charge is 0.386 e. The van der Waals surface area contributed by atoms with Gasteiger partial charge in [0.15, 0.2) is 0 Å². The Morgan fingerprint density at radius 3 is 2.82 bits per heavy atom. The van der Waals surface area contributed by atoms with E-state index in [1.165, 1.54) is 6.07 Å². The Bertz CT molecular complexity index is 527. The number of hydrogen-bond donors (Lipinski definition) is 1. The molecule has 3 nitrogen and oxygen atoms in total. The van der Waals surface area contributed by atoms with Gasteiger partial charge in [0.05, 0.1) is 16.3 Å². The fourth-order valence-electron chi connectivity index (χ4n) is 1.71. The smallest absolute Gasteiger partial charge is 0.137 e. The number of aliphatic hydroxyl groups excluding tert-OH is 1. The summed E-state index contributed by atoms with van der Waals surface area (Å²) < 4.78 is 15.1. The lowest BCUT2D eigenvalue weighted by atomic mass is 10.1. The number of aryl methyl sites for hydroxylation is 1. The van der Waals surface area contributed by atoms with Crippen molar-refractivity contribution in [3.63, 3.8) is 0 Å². The number of nitrogens with zero attached hydrogens (tertiary/aromatic N) is 2. The number of hydrogen-bond acceptors (Lipinski definition) is 2. The van der Waals surface area contributed by atoms with Crippen molar-refractivity contribution in [2.24, 2.45) is 7.05 Å². The van der Waals surface area contributed by atoms with E-state index in [9.17, 15) is 9.50 Å². The molecule has 1 heterocycles. The van der Waals surface area contributed by atoms with Gasteiger partial charge in [0.1, 0.15) is 5.82 Å². The van der Waals surface area contributed by atoms with Crippen LogP contribution in [0.15, 0.2) is 34.9 Å². The van der Waals surface area contributed by atoms with E-state index >= 15 is 0 Å². The predicted octanol–water partition coefficient (Wildman–Crippen LogP) is 2.60. The summed E-state index contributed by atoms with van der Waals surface area (Å²) in [6.45, 7) is 0. The number of rotatable bonds is 3. The van der Waals surface area contributed by atoms with Crippen molar-refractivity contribution >= 4 is 15.9 Å². The average molecular weight is 299 g/mol. The van der Waals surface area contributed by atoms with Crippen LogP contribution < -0.4 is 0 Å². The van der Waals surface area contributed by atoms with E-state index in [-0.39, 0.29) is 5.82 Å². The molecule has 1 aromatic carbocycles. The molecule has 1 atom stereocenters. The molecule has 0 fully saturated rings. The van der Waals surface area contributed by atoms with E-state index in [0.29, 0.717) is 10.9 Å². The molecule has 0 saturated heterocycles. The molecule has 90 valence electrons. The minimum absolute atomic E-state index is 0.302. The molecule has 1 unspecified atom stereocenters. The molecule has 5 heteroatoms. The first-order chi connectivity index (χ1) is 8.08. The molecule has 0 aliphatic rings. The van der Waals surface area contributed by atoms with Crippen LogP contribution in [0, 0.1) is 5.82 Å². The highest BCUT2D eigenvalue weighted by atomic mass is 79.9. The number of benzene rings is 1. The SMILES string of the molecule is Cn1nccc1C(O)Cc1ccc(F)c(Br)c1. The topological polar surface area (TPSA) is 38.0 Å². The lowest BCUT2D eigenvalue weighted by Gasteiger charge is -2.11. The minimum atomic E-state index is -0.639. The van der Waals surface area contributed by atoms with E-state index in [1.54, 1.807) is 36.1 Å². The highest BCUT2D eigenvalue weighted by Gasteiger charge is 2.12. The molecule has 0 radical (unpaired) electrons. The van der Waals surface area contributed by atoms with Crippen LogP contribution in [0.1, 0.15) is 17.4 Å². The highest BCUT2D eigenvalue weighted by molar-refractivity contribution is 9.10. The van der Waals surface area contributed by atoms with Crippen LogP contribution in [0.25, 0.3) is 0 Å². The van der Waals surface area contributed by atoms with Crippen LogP contribution in [0.5, 0.6) is 0 Å². The van der Waals surface area contributed by atoms with Gasteiger partial charge < -0.3 is 5.11 Å². The van der Waals surface area contributed by atoms with Gasteiger partial charge in [0.2, 0.25) is 0 Å². The molecule has 2 aromatic rings. The summed E-state index contributed by atoms with van der Waals surface area (Å²) in [6.07, 6.45) is 1.43. The predicted molar refractivity (Wildman–Crippen MR) is 66.0 cm³/mol. The molecule has 1 aromatic heterocycles. The zero-order chi connectivity index (χ0) is 12.4. The van der Waals surface area contributed by atoms with Crippen molar-refractivity contribution < 1.29 is 9.50 Å². The number of aromatic nitrogens is 2. The van der Waals surface area contributed by atoms with Crippen LogP contribution in [0.3, 0.4) is 0 Å². The molecule has 0 aliphatic heterocycles. The second kappa shape index (κ2) is 4.98. The van der Waals surface area contributed by atoms with E-state index < -0.39 is 6.10 Å². The van der Waals surface area contributed by atoms with Crippen LogP contribution in [-0.2, 0) is 13.5 Å². The maximum atomic E-state index is 13.1. The Kier molecular flexibility index (Phi) is 3.59. The third-order valence-corrected chi connectivity index (χ3v) is 3.22. The first-order valence-electron chi connectivity index (χ1n) is 5.18. The summed E-state index contributed by atoms with van der Waals surface area (Å²) in [7, 11) is 1.78. The van der Waals surface area contributed by atoms with Gasteiger partial charge in [-0.15, -0.1) is 0 Å². The summed E-state index contributed by atoms with van der Waals surface area (Å²) in [4.78, 5) is 0. The van der Waals surface area contributed by atoms with Crippen LogP contribution in [-0.4, -0.2) is 14.9 Å². The molecule has 0 aliphatic carbocycles. The van der Waals surface area contributed by atoms with Crippen LogP contribution in [0.2, 0.25) is 0 Å². The quantitative estimate of drug-likeness (QED) is 0.946. The van der Waals surface area contributed by atoms with E-state index in [0.717, 1.165) is 11.3 Å². The monoisotopic (exact) mass is 298 g/mol. The standard InChI is InChI=1S/C12H12BrFN2O/c1-16-11(4-5-15-16)12(17)7-8-2-3-10(14)9(13)6-8/h2-6,12,17H,7H2,1H3. The summed E-state index contributed by atoms with van der Waals surface area (Å²) >= 11 is 3.12. The molecule has 0 saturated carbocycles. The first kappa shape index (κ1) is 12.3. The second-order valence-electron chi connectivity index (χ2n) is 3.85. The van der Waals surface area contributed by atoms with E-state index in [4.69, 9.17) is 0 Å². The Morgan fingerprint density at radius 2 is 2.24 bits per heavy atom. The number of aliphatic hydroxyl groups is 1. The zero-order valence-corrected chi connectivity index (χ0v) is 10.9. The molecule has 2 rings (SSSR count). The lowest BCUT2D eigenvalue weighted by Crippen LogP contribution is -2.08. The third-order valence-electron chi connectivity index (χ3n) is 2.61. The van der Waals surface area contributed by atoms with Crippen molar-refractivity contribution in [3.8, 4) is 0 Å². The van der Waals surface area contributed by atoms with Gasteiger partial charge in [-0.05, 0) is 39.7 Å². The fourth-order valence-corrected chi connectivity index (χ4v) is 2.13. The minimum Gasteiger partial charge on any atom is -0.386 e. The van der Waals surface area contributed by atoms with E-state index in [1.807, 2.05) is 0 Å². The van der Waals surface area contributed by atoms with Gasteiger partial charge in [-0.1, -0.05) is 6.07 Å². The normalized spacial score (nSPS) is 12.7. The maximum Gasteiger partial charge on any atom is 0.137 e. The zero-order valence-electron chi connectivity index (χ0n) is 9.27. The Labute approximate surface area is 107 Å². The third kappa shape index (κ3) is 2.73. The Balaban J connectivity index is 2.16. The van der Waals surface area contributed by atoms with Gasteiger partial charge in [0, 0.05) is 19.7 Å². The van der Waals surface area contributed by atoms with Gasteiger partial charge in [-0.25, -0.2) is 4.39 Å². The molecular weight excluding hydrogens is 287 g/mol. The van der Waals surface area contributed by atoms with Crippen molar-refractivity contribution in [1.82, 2.24) is 9.78 Å².